The van der Waals surface area contributed by atoms with E-state index in [1.807, 2.05) is 36.1 Å². The first-order valence-corrected chi connectivity index (χ1v) is 7.71. The van der Waals surface area contributed by atoms with Crippen LogP contribution in [-0.2, 0) is 6.54 Å². The zero-order valence-corrected chi connectivity index (χ0v) is 13.7. The van der Waals surface area contributed by atoms with Crippen LogP contribution in [0.4, 0.5) is 4.39 Å². The molecular formula is C17H20ClFN4. The highest BCUT2D eigenvalue weighted by molar-refractivity contribution is 6.32. The van der Waals surface area contributed by atoms with E-state index in [4.69, 9.17) is 17.3 Å². The number of nitrogens with two attached hydrogens (primary N) is 1. The lowest BCUT2D eigenvalue weighted by Gasteiger charge is -2.27. The van der Waals surface area contributed by atoms with Crippen molar-refractivity contribution in [2.24, 2.45) is 10.7 Å². The monoisotopic (exact) mass is 334 g/mol. The number of aliphatic imine (C=N–C) groups is 1. The number of hydrogen-bond donors (Lipinski definition) is 1. The minimum absolute atomic E-state index is 0.0572. The van der Waals surface area contributed by atoms with Crippen LogP contribution in [0.3, 0.4) is 0 Å². The van der Waals surface area contributed by atoms with Crippen molar-refractivity contribution < 1.29 is 4.39 Å². The van der Waals surface area contributed by atoms with Gasteiger partial charge in [0.05, 0.1) is 30.7 Å². The Morgan fingerprint density at radius 1 is 1.52 bits per heavy atom. The number of rotatable bonds is 6. The zero-order valence-electron chi connectivity index (χ0n) is 13.0. The van der Waals surface area contributed by atoms with E-state index in [2.05, 4.69) is 16.6 Å². The Morgan fingerprint density at radius 2 is 2.30 bits per heavy atom. The molecule has 2 atom stereocenters. The molecule has 0 fully saturated rings. The summed E-state index contributed by atoms with van der Waals surface area (Å²) in [6.45, 7) is 6.06. The Bertz CT molecular complexity index is 639. The number of hydrogen-bond acceptors (Lipinski definition) is 4. The Morgan fingerprint density at radius 3 is 2.87 bits per heavy atom. The first-order chi connectivity index (χ1) is 11.1. The van der Waals surface area contributed by atoms with Crippen molar-refractivity contribution in [2.75, 3.05) is 6.54 Å². The molecular weight excluding hydrogens is 315 g/mol. The van der Waals surface area contributed by atoms with Crippen LogP contribution in [0.2, 0.25) is 0 Å². The molecule has 1 aliphatic heterocycles. The second-order valence-electron chi connectivity index (χ2n) is 5.19. The minimum Gasteiger partial charge on any atom is -0.350 e. The predicted octanol–water partition coefficient (Wildman–Crippen LogP) is 3.17. The van der Waals surface area contributed by atoms with Gasteiger partial charge in [-0.3, -0.25) is 9.98 Å². The van der Waals surface area contributed by atoms with Crippen molar-refractivity contribution in [3.8, 4) is 0 Å². The van der Waals surface area contributed by atoms with E-state index in [0.29, 0.717) is 18.1 Å². The molecule has 122 valence electrons. The highest BCUT2D eigenvalue weighted by atomic mass is 35.5. The lowest BCUT2D eigenvalue weighted by atomic mass is 9.98. The molecule has 0 aromatic carbocycles. The van der Waals surface area contributed by atoms with Crippen LogP contribution >= 0.6 is 11.6 Å². The standard InChI is InChI=1S/C17H20ClFN4/c1-3-14(15(18)8-12(2)19)17-16(9-20)23(11-22-17)10-13-6-4-5-7-21-13/h3-8,11,16-17H,2,9-10,20H2,1H3/b14-3+,15-8+. The number of halogens is 2. The van der Waals surface area contributed by atoms with Crippen molar-refractivity contribution in [3.05, 3.63) is 65.3 Å². The molecule has 2 unspecified atom stereocenters. The van der Waals surface area contributed by atoms with E-state index in [9.17, 15) is 4.39 Å². The van der Waals surface area contributed by atoms with Gasteiger partial charge in [0.1, 0.15) is 5.83 Å². The highest BCUT2D eigenvalue weighted by Crippen LogP contribution is 2.29. The number of allylic oxidation sites excluding steroid dienone is 3. The number of aromatic nitrogens is 1. The summed E-state index contributed by atoms with van der Waals surface area (Å²) in [7, 11) is 0. The van der Waals surface area contributed by atoms with Gasteiger partial charge >= 0.3 is 0 Å². The van der Waals surface area contributed by atoms with Crippen LogP contribution in [-0.4, -0.2) is 34.9 Å². The van der Waals surface area contributed by atoms with Gasteiger partial charge in [-0.15, -0.1) is 0 Å². The maximum atomic E-state index is 13.0. The van der Waals surface area contributed by atoms with Gasteiger partial charge in [0.15, 0.2) is 0 Å². The minimum atomic E-state index is -0.592. The molecule has 23 heavy (non-hydrogen) atoms. The molecule has 0 radical (unpaired) electrons. The fourth-order valence-corrected chi connectivity index (χ4v) is 2.92. The van der Waals surface area contributed by atoms with Gasteiger partial charge in [0.2, 0.25) is 0 Å². The van der Waals surface area contributed by atoms with Crippen molar-refractivity contribution in [2.45, 2.75) is 25.6 Å². The number of pyridine rings is 1. The van der Waals surface area contributed by atoms with Crippen LogP contribution in [0, 0.1) is 0 Å². The summed E-state index contributed by atoms with van der Waals surface area (Å²) in [5, 5.41) is 0.292. The lowest BCUT2D eigenvalue weighted by molar-refractivity contribution is 0.320. The third kappa shape index (κ3) is 4.27. The molecule has 2 heterocycles. The van der Waals surface area contributed by atoms with Crippen molar-refractivity contribution in [1.82, 2.24) is 9.88 Å². The lowest BCUT2D eigenvalue weighted by Crippen LogP contribution is -2.42. The fourth-order valence-electron chi connectivity index (χ4n) is 2.58. The van der Waals surface area contributed by atoms with Gasteiger partial charge in [-0.2, -0.15) is 0 Å². The average Bonchev–Trinajstić information content (AvgIpc) is 2.91. The normalized spacial score (nSPS) is 21.8. The topological polar surface area (TPSA) is 54.5 Å². The average molecular weight is 335 g/mol. The van der Waals surface area contributed by atoms with Gasteiger partial charge < -0.3 is 10.6 Å². The Balaban J connectivity index is 2.18. The molecule has 0 bridgehead atoms. The fraction of sp³-hybridized carbons (Fsp3) is 0.294. The van der Waals surface area contributed by atoms with Gasteiger partial charge in [-0.05, 0) is 30.7 Å². The molecule has 0 saturated heterocycles. The van der Waals surface area contributed by atoms with Gasteiger partial charge in [-0.25, -0.2) is 4.39 Å². The first-order valence-electron chi connectivity index (χ1n) is 7.34. The van der Waals surface area contributed by atoms with E-state index in [1.54, 1.807) is 12.5 Å². The molecule has 6 heteroatoms. The molecule has 0 saturated carbocycles. The van der Waals surface area contributed by atoms with Gasteiger partial charge in [0, 0.05) is 17.8 Å². The van der Waals surface area contributed by atoms with Crippen LogP contribution in [0.1, 0.15) is 12.6 Å². The van der Waals surface area contributed by atoms with E-state index >= 15 is 0 Å². The molecule has 1 aromatic heterocycles. The molecule has 1 aromatic rings. The predicted molar refractivity (Wildman–Crippen MR) is 92.8 cm³/mol. The van der Waals surface area contributed by atoms with Crippen molar-refractivity contribution in [1.29, 1.82) is 0 Å². The summed E-state index contributed by atoms with van der Waals surface area (Å²) >= 11 is 6.20. The third-order valence-corrected chi connectivity index (χ3v) is 3.99. The van der Waals surface area contributed by atoms with Crippen LogP contribution in [0.5, 0.6) is 0 Å². The molecule has 4 nitrogen and oxygen atoms in total. The van der Waals surface area contributed by atoms with Crippen LogP contribution in [0.25, 0.3) is 0 Å². The SMILES string of the molecule is C=C(F)/C=C(Cl)\C(=C/C)C1N=CN(Cc2ccccn2)C1CN. The Hall–Kier alpha value is -1.98. The second kappa shape index (κ2) is 8.04. The van der Waals surface area contributed by atoms with Crippen molar-refractivity contribution >= 4 is 17.9 Å². The zero-order chi connectivity index (χ0) is 16.8. The summed E-state index contributed by atoms with van der Waals surface area (Å²) < 4.78 is 13.0. The molecule has 0 spiro atoms. The first kappa shape index (κ1) is 17.4. The van der Waals surface area contributed by atoms with Crippen LogP contribution < -0.4 is 5.73 Å². The molecule has 0 aliphatic carbocycles. The summed E-state index contributed by atoms with van der Waals surface area (Å²) in [4.78, 5) is 10.9. The second-order valence-corrected chi connectivity index (χ2v) is 5.60. The summed E-state index contributed by atoms with van der Waals surface area (Å²) in [6, 6.07) is 5.46. The number of nitrogens with zero attached hydrogens (tertiary/aromatic N) is 3. The van der Waals surface area contributed by atoms with E-state index in [0.717, 1.165) is 11.3 Å². The Kier molecular flexibility index (Phi) is 6.07. The Labute approximate surface area is 140 Å². The summed E-state index contributed by atoms with van der Waals surface area (Å²) in [5.74, 6) is -0.592. The largest absolute Gasteiger partial charge is 0.350 e. The highest BCUT2D eigenvalue weighted by Gasteiger charge is 2.33. The molecule has 1 aliphatic rings. The molecule has 2 N–H and O–H groups in total. The van der Waals surface area contributed by atoms with Crippen molar-refractivity contribution in [3.63, 3.8) is 0 Å². The molecule has 2 rings (SSSR count). The molecule has 0 amide bonds. The van der Waals surface area contributed by atoms with Gasteiger partial charge in [0.25, 0.3) is 0 Å². The summed E-state index contributed by atoms with van der Waals surface area (Å²) in [5.41, 5.74) is 7.60. The van der Waals surface area contributed by atoms with E-state index in [-0.39, 0.29) is 12.1 Å². The van der Waals surface area contributed by atoms with E-state index in [1.165, 1.54) is 6.08 Å². The van der Waals surface area contributed by atoms with E-state index < -0.39 is 5.83 Å². The third-order valence-electron chi connectivity index (χ3n) is 3.67. The van der Waals surface area contributed by atoms with Crippen LogP contribution in [0.15, 0.2) is 64.6 Å². The van der Waals surface area contributed by atoms with Gasteiger partial charge in [-0.1, -0.05) is 30.3 Å². The summed E-state index contributed by atoms with van der Waals surface area (Å²) in [6.07, 6.45) is 6.54. The maximum Gasteiger partial charge on any atom is 0.117 e. The smallest absolute Gasteiger partial charge is 0.117 e. The maximum absolute atomic E-state index is 13.0. The quantitative estimate of drug-likeness (QED) is 0.813.